The molecule has 0 aliphatic carbocycles. The van der Waals surface area contributed by atoms with E-state index in [1.54, 1.807) is 12.4 Å². The summed E-state index contributed by atoms with van der Waals surface area (Å²) in [4.78, 5) is 23.6. The van der Waals surface area contributed by atoms with Crippen molar-refractivity contribution in [2.75, 3.05) is 24.5 Å². The zero-order valence-electron chi connectivity index (χ0n) is 17.0. The molecule has 0 spiro atoms. The van der Waals surface area contributed by atoms with Gasteiger partial charge in [0.25, 0.3) is 5.88 Å². The number of amides is 1. The molecule has 1 aromatic heterocycles. The van der Waals surface area contributed by atoms with Gasteiger partial charge in [0.05, 0.1) is 5.92 Å². The number of hydrogen-bond donors (Lipinski definition) is 1. The van der Waals surface area contributed by atoms with Crippen molar-refractivity contribution < 1.29 is 9.53 Å². The number of aryl methyl sites for hydroxylation is 1. The van der Waals surface area contributed by atoms with E-state index in [0.29, 0.717) is 24.2 Å². The number of piperidine rings is 1. The van der Waals surface area contributed by atoms with Crippen LogP contribution in [0.1, 0.15) is 38.7 Å². The monoisotopic (exact) mass is 382 g/mol. The molecule has 3 rings (SSSR count). The highest BCUT2D eigenvalue weighted by atomic mass is 16.5. The highest BCUT2D eigenvalue weighted by Gasteiger charge is 2.28. The Balaban J connectivity index is 1.67. The van der Waals surface area contributed by atoms with Crippen LogP contribution in [0.4, 0.5) is 5.82 Å². The van der Waals surface area contributed by atoms with Crippen LogP contribution in [0.25, 0.3) is 0 Å². The Hall–Kier alpha value is -2.63. The third-order valence-corrected chi connectivity index (χ3v) is 4.99. The van der Waals surface area contributed by atoms with Crippen molar-refractivity contribution in [3.05, 3.63) is 42.2 Å². The number of carbonyl (C=O) groups excluding carboxylic acids is 1. The molecule has 6 nitrogen and oxygen atoms in total. The molecule has 1 amide bonds. The van der Waals surface area contributed by atoms with Crippen LogP contribution in [0.2, 0.25) is 0 Å². The number of anilines is 1. The van der Waals surface area contributed by atoms with Gasteiger partial charge in [-0.05, 0) is 44.2 Å². The van der Waals surface area contributed by atoms with Gasteiger partial charge in [-0.1, -0.05) is 31.5 Å². The molecule has 1 saturated heterocycles. The molecule has 1 aromatic carbocycles. The van der Waals surface area contributed by atoms with Crippen molar-refractivity contribution in [3.8, 4) is 11.6 Å². The van der Waals surface area contributed by atoms with Crippen LogP contribution in [0.3, 0.4) is 0 Å². The predicted molar refractivity (Wildman–Crippen MR) is 111 cm³/mol. The minimum Gasteiger partial charge on any atom is -0.436 e. The number of nitrogens with one attached hydrogen (secondary N) is 1. The molecule has 28 heavy (non-hydrogen) atoms. The third-order valence-electron chi connectivity index (χ3n) is 4.99. The maximum absolute atomic E-state index is 12.6. The van der Waals surface area contributed by atoms with Gasteiger partial charge in [0, 0.05) is 32.0 Å². The Morgan fingerprint density at radius 1 is 1.25 bits per heavy atom. The van der Waals surface area contributed by atoms with E-state index < -0.39 is 0 Å². The second-order valence-electron chi connectivity index (χ2n) is 7.86. The Kier molecular flexibility index (Phi) is 6.85. The van der Waals surface area contributed by atoms with E-state index >= 15 is 0 Å². The van der Waals surface area contributed by atoms with Crippen LogP contribution in [0.15, 0.2) is 36.7 Å². The van der Waals surface area contributed by atoms with E-state index in [1.165, 1.54) is 5.56 Å². The zero-order chi connectivity index (χ0) is 19.9. The molecule has 0 unspecified atom stereocenters. The second-order valence-corrected chi connectivity index (χ2v) is 7.86. The lowest BCUT2D eigenvalue weighted by Gasteiger charge is -2.33. The summed E-state index contributed by atoms with van der Waals surface area (Å²) in [5, 5.41) is 3.08. The Morgan fingerprint density at radius 3 is 2.75 bits per heavy atom. The minimum atomic E-state index is -0.0323. The van der Waals surface area contributed by atoms with Crippen LogP contribution in [-0.4, -0.2) is 35.5 Å². The van der Waals surface area contributed by atoms with Crippen molar-refractivity contribution in [2.45, 2.75) is 40.0 Å². The van der Waals surface area contributed by atoms with E-state index in [2.05, 4.69) is 34.0 Å². The van der Waals surface area contributed by atoms with E-state index in [0.717, 1.165) is 38.1 Å². The highest BCUT2D eigenvalue weighted by Crippen LogP contribution is 2.31. The zero-order valence-corrected chi connectivity index (χ0v) is 17.0. The van der Waals surface area contributed by atoms with Gasteiger partial charge < -0.3 is 15.0 Å². The van der Waals surface area contributed by atoms with Crippen molar-refractivity contribution >= 4 is 11.7 Å². The average molecular weight is 383 g/mol. The van der Waals surface area contributed by atoms with Gasteiger partial charge in [0.1, 0.15) is 5.75 Å². The molecule has 0 saturated carbocycles. The molecule has 1 aliphatic heterocycles. The summed E-state index contributed by atoms with van der Waals surface area (Å²) in [5.74, 6) is 2.59. The first-order chi connectivity index (χ1) is 13.5. The summed E-state index contributed by atoms with van der Waals surface area (Å²) in [6.07, 6.45) is 6.15. The molecule has 0 radical (unpaired) electrons. The summed E-state index contributed by atoms with van der Waals surface area (Å²) in [7, 11) is 0. The van der Waals surface area contributed by atoms with Crippen LogP contribution < -0.4 is 15.0 Å². The predicted octanol–water partition coefficient (Wildman–Crippen LogP) is 3.96. The van der Waals surface area contributed by atoms with E-state index in [-0.39, 0.29) is 11.8 Å². The molecule has 1 aliphatic rings. The number of nitrogens with zero attached hydrogens (tertiary/aromatic N) is 3. The van der Waals surface area contributed by atoms with Crippen molar-refractivity contribution in [3.63, 3.8) is 0 Å². The fraction of sp³-hybridized carbons (Fsp3) is 0.500. The molecule has 150 valence electrons. The number of benzene rings is 1. The van der Waals surface area contributed by atoms with E-state index in [4.69, 9.17) is 4.74 Å². The number of ether oxygens (including phenoxy) is 1. The smallest absolute Gasteiger partial charge is 0.263 e. The number of carbonyl (C=O) groups is 1. The Bertz CT molecular complexity index is 776. The van der Waals surface area contributed by atoms with Gasteiger partial charge in [-0.15, -0.1) is 0 Å². The molecule has 1 fully saturated rings. The van der Waals surface area contributed by atoms with Gasteiger partial charge in [0.15, 0.2) is 5.82 Å². The second kappa shape index (κ2) is 9.53. The number of hydrogen-bond acceptors (Lipinski definition) is 5. The summed E-state index contributed by atoms with van der Waals surface area (Å²) in [6, 6.07) is 7.86. The quantitative estimate of drug-likeness (QED) is 0.785. The van der Waals surface area contributed by atoms with Crippen LogP contribution >= 0.6 is 0 Å². The third kappa shape index (κ3) is 5.44. The maximum atomic E-state index is 12.6. The lowest BCUT2D eigenvalue weighted by molar-refractivity contribution is -0.125. The number of aromatic nitrogens is 2. The van der Waals surface area contributed by atoms with Crippen LogP contribution in [-0.2, 0) is 4.79 Å². The van der Waals surface area contributed by atoms with Gasteiger partial charge in [-0.2, -0.15) is 0 Å². The Labute approximate surface area is 167 Å². The summed E-state index contributed by atoms with van der Waals surface area (Å²) < 4.78 is 5.99. The molecular formula is C22H30N4O2. The fourth-order valence-electron chi connectivity index (χ4n) is 3.34. The largest absolute Gasteiger partial charge is 0.436 e. The fourth-order valence-corrected chi connectivity index (χ4v) is 3.34. The van der Waals surface area contributed by atoms with Gasteiger partial charge in [0.2, 0.25) is 5.91 Å². The van der Waals surface area contributed by atoms with Crippen molar-refractivity contribution in [1.29, 1.82) is 0 Å². The molecule has 0 bridgehead atoms. The maximum Gasteiger partial charge on any atom is 0.263 e. The van der Waals surface area contributed by atoms with Crippen LogP contribution in [0.5, 0.6) is 11.6 Å². The molecule has 2 aromatic rings. The lowest BCUT2D eigenvalue weighted by Crippen LogP contribution is -2.43. The molecule has 1 N–H and O–H groups in total. The average Bonchev–Trinajstić information content (AvgIpc) is 2.70. The standard InChI is InChI=1S/C22H30N4O2/c1-16(2)10-11-24-21(27)18-5-4-14-26(15-18)20-22(25-13-12-23-20)28-19-8-6-17(3)7-9-19/h6-9,12-13,16,18H,4-5,10-11,14-15H2,1-3H3,(H,24,27)/t18-/m0/s1. The van der Waals surface area contributed by atoms with Crippen molar-refractivity contribution in [2.24, 2.45) is 11.8 Å². The van der Waals surface area contributed by atoms with E-state index in [1.807, 2.05) is 31.2 Å². The van der Waals surface area contributed by atoms with Gasteiger partial charge in [-0.25, -0.2) is 9.97 Å². The first-order valence-electron chi connectivity index (χ1n) is 10.1. The van der Waals surface area contributed by atoms with Gasteiger partial charge in [-0.3, -0.25) is 4.79 Å². The van der Waals surface area contributed by atoms with Crippen LogP contribution in [0, 0.1) is 18.8 Å². The summed E-state index contributed by atoms with van der Waals surface area (Å²) in [6.45, 7) is 8.59. The topological polar surface area (TPSA) is 67.4 Å². The molecule has 6 heteroatoms. The lowest BCUT2D eigenvalue weighted by atomic mass is 9.97. The van der Waals surface area contributed by atoms with Crippen molar-refractivity contribution in [1.82, 2.24) is 15.3 Å². The Morgan fingerprint density at radius 2 is 2.00 bits per heavy atom. The highest BCUT2D eigenvalue weighted by molar-refractivity contribution is 5.79. The minimum absolute atomic E-state index is 0.0323. The number of rotatable bonds is 7. The first-order valence-corrected chi connectivity index (χ1v) is 10.1. The normalized spacial score (nSPS) is 16.9. The van der Waals surface area contributed by atoms with E-state index in [9.17, 15) is 4.79 Å². The first kappa shape index (κ1) is 20.1. The summed E-state index contributed by atoms with van der Waals surface area (Å²) in [5.41, 5.74) is 1.18. The van der Waals surface area contributed by atoms with Gasteiger partial charge >= 0.3 is 0 Å². The molecule has 1 atom stereocenters. The summed E-state index contributed by atoms with van der Waals surface area (Å²) >= 11 is 0. The molecular weight excluding hydrogens is 352 g/mol. The SMILES string of the molecule is Cc1ccc(Oc2nccnc2N2CCC[C@H](C(=O)NCCC(C)C)C2)cc1. The molecule has 2 heterocycles.